The Morgan fingerprint density at radius 1 is 0.682 bits per heavy atom. The van der Waals surface area contributed by atoms with Crippen LogP contribution in [0.25, 0.3) is 0 Å². The van der Waals surface area contributed by atoms with Crippen LogP contribution in [0.2, 0.25) is 0 Å². The molecule has 0 heterocycles. The maximum atomic E-state index is 11.0. The lowest BCUT2D eigenvalue weighted by Gasteiger charge is -2.18. The standard InChI is InChI=1S/C15H21NO6/c1-4-13(17)20-10-7-16(8-11-21-14(18)5-2)9-12-22-15(19)6-3/h4-6H,1-3,7-12H2/p+1. The van der Waals surface area contributed by atoms with Crippen LogP contribution in [0, 0.1) is 0 Å². The summed E-state index contributed by atoms with van der Waals surface area (Å²) in [6.45, 7) is 11.9. The number of esters is 3. The van der Waals surface area contributed by atoms with E-state index in [2.05, 4.69) is 19.7 Å². The molecule has 0 bridgehead atoms. The first-order valence-corrected chi connectivity index (χ1v) is 6.74. The molecule has 0 atom stereocenters. The van der Waals surface area contributed by atoms with Crippen LogP contribution in [0.4, 0.5) is 0 Å². The summed E-state index contributed by atoms with van der Waals surface area (Å²) < 4.78 is 14.7. The molecule has 22 heavy (non-hydrogen) atoms. The molecule has 122 valence electrons. The summed E-state index contributed by atoms with van der Waals surface area (Å²) in [5, 5.41) is 0. The van der Waals surface area contributed by atoms with E-state index < -0.39 is 17.9 Å². The van der Waals surface area contributed by atoms with Gasteiger partial charge in [-0.25, -0.2) is 14.4 Å². The topological polar surface area (TPSA) is 83.3 Å². The van der Waals surface area contributed by atoms with Crippen LogP contribution in [0.15, 0.2) is 38.0 Å². The Morgan fingerprint density at radius 3 is 1.18 bits per heavy atom. The van der Waals surface area contributed by atoms with Gasteiger partial charge in [-0.2, -0.15) is 0 Å². The molecule has 0 amide bonds. The van der Waals surface area contributed by atoms with Crippen molar-refractivity contribution in [1.29, 1.82) is 0 Å². The van der Waals surface area contributed by atoms with Gasteiger partial charge in [0.15, 0.2) is 0 Å². The van der Waals surface area contributed by atoms with Gasteiger partial charge in [0.2, 0.25) is 0 Å². The third-order valence-corrected chi connectivity index (χ3v) is 2.60. The summed E-state index contributed by atoms with van der Waals surface area (Å²) in [5.74, 6) is -1.51. The highest BCUT2D eigenvalue weighted by molar-refractivity contribution is 5.81. The zero-order valence-electron chi connectivity index (χ0n) is 12.5. The monoisotopic (exact) mass is 312 g/mol. The van der Waals surface area contributed by atoms with Crippen molar-refractivity contribution in [3.63, 3.8) is 0 Å². The average molecular weight is 312 g/mol. The van der Waals surface area contributed by atoms with E-state index >= 15 is 0 Å². The minimum absolute atomic E-state index is 0.186. The molecule has 0 aliphatic carbocycles. The third-order valence-electron chi connectivity index (χ3n) is 2.60. The summed E-state index contributed by atoms with van der Waals surface area (Å²) >= 11 is 0. The Hall–Kier alpha value is -2.41. The first-order chi connectivity index (χ1) is 10.5. The second kappa shape index (κ2) is 12.3. The number of quaternary nitrogens is 1. The van der Waals surface area contributed by atoms with Crippen molar-refractivity contribution >= 4 is 17.9 Å². The highest BCUT2D eigenvalue weighted by atomic mass is 16.5. The minimum atomic E-state index is -0.504. The fourth-order valence-electron chi connectivity index (χ4n) is 1.44. The molecular weight excluding hydrogens is 290 g/mol. The molecule has 0 radical (unpaired) electrons. The van der Waals surface area contributed by atoms with Gasteiger partial charge in [-0.3, -0.25) is 0 Å². The molecule has 0 saturated carbocycles. The van der Waals surface area contributed by atoms with Crippen molar-refractivity contribution < 1.29 is 33.5 Å². The smallest absolute Gasteiger partial charge is 0.330 e. The molecule has 0 unspecified atom stereocenters. The lowest BCUT2D eigenvalue weighted by molar-refractivity contribution is -0.900. The molecule has 0 spiro atoms. The molecule has 0 aliphatic rings. The molecule has 0 saturated heterocycles. The Balaban J connectivity index is 4.16. The lowest BCUT2D eigenvalue weighted by atomic mass is 10.4. The zero-order chi connectivity index (χ0) is 16.8. The number of nitrogens with one attached hydrogen (secondary N) is 1. The first-order valence-electron chi connectivity index (χ1n) is 6.74. The number of rotatable bonds is 12. The molecule has 0 aromatic carbocycles. The van der Waals surface area contributed by atoms with Gasteiger partial charge in [-0.05, 0) is 0 Å². The highest BCUT2D eigenvalue weighted by Crippen LogP contribution is 1.79. The van der Waals surface area contributed by atoms with Crippen molar-refractivity contribution in [2.75, 3.05) is 39.5 Å². The summed E-state index contributed by atoms with van der Waals surface area (Å²) in [5.41, 5.74) is 0. The molecule has 0 aromatic rings. The Morgan fingerprint density at radius 2 is 0.955 bits per heavy atom. The van der Waals surface area contributed by atoms with Crippen molar-refractivity contribution in [1.82, 2.24) is 0 Å². The zero-order valence-corrected chi connectivity index (χ0v) is 12.5. The van der Waals surface area contributed by atoms with E-state index in [9.17, 15) is 14.4 Å². The first kappa shape index (κ1) is 19.6. The molecule has 0 aromatic heterocycles. The van der Waals surface area contributed by atoms with Crippen molar-refractivity contribution in [2.45, 2.75) is 0 Å². The van der Waals surface area contributed by atoms with Crippen LogP contribution in [0.1, 0.15) is 0 Å². The quantitative estimate of drug-likeness (QED) is 0.284. The minimum Gasteiger partial charge on any atom is -0.457 e. The summed E-state index contributed by atoms with van der Waals surface area (Å²) in [6, 6.07) is 0. The van der Waals surface area contributed by atoms with E-state index in [-0.39, 0.29) is 19.8 Å². The van der Waals surface area contributed by atoms with Gasteiger partial charge in [-0.1, -0.05) is 19.7 Å². The molecule has 7 heteroatoms. The van der Waals surface area contributed by atoms with Crippen molar-refractivity contribution in [2.24, 2.45) is 0 Å². The number of hydrogen-bond donors (Lipinski definition) is 1. The molecular formula is C15H22NO6+. The van der Waals surface area contributed by atoms with Gasteiger partial charge in [0.05, 0.1) is 0 Å². The molecule has 0 fully saturated rings. The number of carbonyl (C=O) groups excluding carboxylic acids is 3. The van der Waals surface area contributed by atoms with Gasteiger partial charge in [0, 0.05) is 18.2 Å². The third kappa shape index (κ3) is 10.4. The predicted octanol–water partition coefficient (Wildman–Crippen LogP) is -0.941. The molecule has 0 rings (SSSR count). The lowest BCUT2D eigenvalue weighted by Crippen LogP contribution is -3.13. The maximum absolute atomic E-state index is 11.0. The van der Waals surface area contributed by atoms with E-state index in [1.54, 1.807) is 0 Å². The average Bonchev–Trinajstić information content (AvgIpc) is 2.53. The summed E-state index contributed by atoms with van der Waals surface area (Å²) in [7, 11) is 0. The van der Waals surface area contributed by atoms with Crippen LogP contribution in [0.5, 0.6) is 0 Å². The maximum Gasteiger partial charge on any atom is 0.330 e. The van der Waals surface area contributed by atoms with E-state index in [1.807, 2.05) is 0 Å². The number of hydrogen-bond acceptors (Lipinski definition) is 6. The van der Waals surface area contributed by atoms with Gasteiger partial charge in [-0.15, -0.1) is 0 Å². The molecule has 7 nitrogen and oxygen atoms in total. The second-order valence-corrected chi connectivity index (χ2v) is 4.11. The van der Waals surface area contributed by atoms with Crippen LogP contribution in [0.3, 0.4) is 0 Å². The largest absolute Gasteiger partial charge is 0.457 e. The van der Waals surface area contributed by atoms with Gasteiger partial charge in [0.1, 0.15) is 39.5 Å². The van der Waals surface area contributed by atoms with Crippen LogP contribution in [-0.2, 0) is 28.6 Å². The SMILES string of the molecule is C=CC(=O)OCC[NH+](CCOC(=O)C=C)CCOC(=O)C=C. The van der Waals surface area contributed by atoms with Crippen LogP contribution < -0.4 is 4.90 Å². The fraction of sp³-hybridized carbons (Fsp3) is 0.400. The van der Waals surface area contributed by atoms with Crippen molar-refractivity contribution in [3.8, 4) is 0 Å². The van der Waals surface area contributed by atoms with Crippen LogP contribution >= 0.6 is 0 Å². The van der Waals surface area contributed by atoms with E-state index in [1.165, 1.54) is 0 Å². The Bertz CT molecular complexity index is 356. The Labute approximate surface area is 129 Å². The van der Waals surface area contributed by atoms with Gasteiger partial charge >= 0.3 is 17.9 Å². The number of ether oxygens (including phenoxy) is 3. The highest BCUT2D eigenvalue weighted by Gasteiger charge is 2.11. The predicted molar refractivity (Wildman–Crippen MR) is 79.0 cm³/mol. The van der Waals surface area contributed by atoms with E-state index in [0.29, 0.717) is 19.6 Å². The van der Waals surface area contributed by atoms with Gasteiger partial charge in [0.25, 0.3) is 0 Å². The fourth-order valence-corrected chi connectivity index (χ4v) is 1.44. The number of carbonyl (C=O) groups is 3. The Kier molecular flexibility index (Phi) is 11.0. The molecule has 0 aliphatic heterocycles. The van der Waals surface area contributed by atoms with Crippen LogP contribution in [-0.4, -0.2) is 57.4 Å². The molecule has 1 N–H and O–H groups in total. The summed E-state index contributed by atoms with van der Waals surface area (Å²) in [4.78, 5) is 33.9. The van der Waals surface area contributed by atoms with Crippen molar-refractivity contribution in [3.05, 3.63) is 38.0 Å². The summed E-state index contributed by atoms with van der Waals surface area (Å²) in [6.07, 6.45) is 3.24. The van der Waals surface area contributed by atoms with E-state index in [4.69, 9.17) is 14.2 Å². The second-order valence-electron chi connectivity index (χ2n) is 4.11. The normalized spacial score (nSPS) is 9.68. The van der Waals surface area contributed by atoms with Gasteiger partial charge < -0.3 is 19.1 Å². The van der Waals surface area contributed by atoms with E-state index in [0.717, 1.165) is 23.1 Å².